The third kappa shape index (κ3) is 3.63. The molecule has 0 spiro atoms. The van der Waals surface area contributed by atoms with Crippen molar-refractivity contribution in [3.8, 4) is 0 Å². The van der Waals surface area contributed by atoms with Gasteiger partial charge in [0.2, 0.25) is 5.91 Å². The number of nitrogens with zero attached hydrogens (tertiary/aromatic N) is 3. The van der Waals surface area contributed by atoms with E-state index in [0.29, 0.717) is 34.2 Å². The Balaban J connectivity index is 1.92. The second kappa shape index (κ2) is 7.17. The highest BCUT2D eigenvalue weighted by Gasteiger charge is 2.24. The Morgan fingerprint density at radius 1 is 1.45 bits per heavy atom. The highest BCUT2D eigenvalue weighted by atomic mass is 19.3. The van der Waals surface area contributed by atoms with Crippen LogP contribution in [0.1, 0.15) is 43.3 Å². The molecule has 22 heavy (non-hydrogen) atoms. The molecule has 1 unspecified atom stereocenters. The monoisotopic (exact) mass is 314 g/mol. The molecule has 1 aliphatic rings. The van der Waals surface area contributed by atoms with E-state index >= 15 is 0 Å². The number of aromatic nitrogens is 2. The van der Waals surface area contributed by atoms with Crippen molar-refractivity contribution < 1.29 is 13.6 Å². The Morgan fingerprint density at radius 2 is 2.18 bits per heavy atom. The number of alkyl halides is 2. The topological polar surface area (TPSA) is 50.2 Å². The van der Waals surface area contributed by atoms with Crippen LogP contribution >= 0.6 is 0 Å². The molecule has 0 aromatic carbocycles. The molecule has 1 aromatic rings. The second-order valence-electron chi connectivity index (χ2n) is 5.78. The fraction of sp³-hybridized carbons (Fsp3) is 0.733. The smallest absolute Gasteiger partial charge is 0.333 e. The molecule has 1 saturated heterocycles. The predicted octanol–water partition coefficient (Wildman–Crippen LogP) is 2.04. The van der Waals surface area contributed by atoms with Crippen LogP contribution in [0.4, 0.5) is 8.78 Å². The number of hydrogen-bond donors (Lipinski definition) is 1. The number of rotatable bonds is 6. The number of likely N-dealkylation sites (tertiary alicyclic amines) is 1. The van der Waals surface area contributed by atoms with E-state index in [-0.39, 0.29) is 12.3 Å². The van der Waals surface area contributed by atoms with E-state index in [2.05, 4.69) is 22.2 Å². The zero-order valence-corrected chi connectivity index (χ0v) is 13.4. The van der Waals surface area contributed by atoms with Crippen molar-refractivity contribution in [3.05, 3.63) is 17.0 Å². The standard InChI is InChI=1S/C15H24F2N4O/c1-4-20-7-5-6-12(20)9-18-14(22)8-13-10(2)19-21(11(13)3)15(16)17/h12,15H,4-9H2,1-3H3,(H,18,22). The van der Waals surface area contributed by atoms with Gasteiger partial charge in [-0.05, 0) is 39.8 Å². The summed E-state index contributed by atoms with van der Waals surface area (Å²) in [5, 5.41) is 6.73. The third-order valence-corrected chi connectivity index (χ3v) is 4.44. The van der Waals surface area contributed by atoms with Gasteiger partial charge in [0.25, 0.3) is 0 Å². The van der Waals surface area contributed by atoms with Gasteiger partial charge in [-0.15, -0.1) is 0 Å². The van der Waals surface area contributed by atoms with E-state index in [1.165, 1.54) is 0 Å². The van der Waals surface area contributed by atoms with Gasteiger partial charge in [0.1, 0.15) is 0 Å². The summed E-state index contributed by atoms with van der Waals surface area (Å²) in [7, 11) is 0. The van der Waals surface area contributed by atoms with Crippen molar-refractivity contribution >= 4 is 5.91 Å². The minimum atomic E-state index is -2.67. The summed E-state index contributed by atoms with van der Waals surface area (Å²) in [6.45, 7) is 5.36. The van der Waals surface area contributed by atoms with Gasteiger partial charge < -0.3 is 5.32 Å². The van der Waals surface area contributed by atoms with Crippen LogP contribution in [-0.2, 0) is 11.2 Å². The third-order valence-electron chi connectivity index (χ3n) is 4.44. The molecular formula is C15H24F2N4O. The fourth-order valence-electron chi connectivity index (χ4n) is 3.14. The van der Waals surface area contributed by atoms with Crippen molar-refractivity contribution in [3.63, 3.8) is 0 Å². The second-order valence-corrected chi connectivity index (χ2v) is 5.78. The zero-order valence-electron chi connectivity index (χ0n) is 13.4. The first-order valence-corrected chi connectivity index (χ1v) is 7.77. The molecule has 2 heterocycles. The summed E-state index contributed by atoms with van der Waals surface area (Å²) in [6.07, 6.45) is 2.35. The summed E-state index contributed by atoms with van der Waals surface area (Å²) in [5.74, 6) is -0.136. The number of aryl methyl sites for hydroxylation is 1. The van der Waals surface area contributed by atoms with E-state index < -0.39 is 6.55 Å². The van der Waals surface area contributed by atoms with E-state index in [1.54, 1.807) is 13.8 Å². The van der Waals surface area contributed by atoms with Crippen molar-refractivity contribution in [2.75, 3.05) is 19.6 Å². The first-order chi connectivity index (χ1) is 10.4. The normalized spacial score (nSPS) is 19.1. The molecule has 2 rings (SSSR count). The van der Waals surface area contributed by atoms with Gasteiger partial charge in [-0.3, -0.25) is 9.69 Å². The SMILES string of the molecule is CCN1CCCC1CNC(=O)Cc1c(C)nn(C(F)F)c1C. The maximum atomic E-state index is 12.8. The van der Waals surface area contributed by atoms with Gasteiger partial charge in [-0.25, -0.2) is 4.68 Å². The van der Waals surface area contributed by atoms with Gasteiger partial charge in [0.05, 0.1) is 12.1 Å². The molecule has 5 nitrogen and oxygen atoms in total. The van der Waals surface area contributed by atoms with Crippen molar-refractivity contribution in [2.24, 2.45) is 0 Å². The van der Waals surface area contributed by atoms with Crippen molar-refractivity contribution in [1.82, 2.24) is 20.0 Å². The summed E-state index contributed by atoms with van der Waals surface area (Å²) in [5.41, 5.74) is 1.44. The van der Waals surface area contributed by atoms with Crippen LogP contribution in [0, 0.1) is 13.8 Å². The molecule has 0 saturated carbocycles. The fourth-order valence-corrected chi connectivity index (χ4v) is 3.14. The predicted molar refractivity (Wildman–Crippen MR) is 79.9 cm³/mol. The maximum Gasteiger partial charge on any atom is 0.333 e. The van der Waals surface area contributed by atoms with Crippen LogP contribution in [0.3, 0.4) is 0 Å². The van der Waals surface area contributed by atoms with Crippen LogP contribution in [0.5, 0.6) is 0 Å². The summed E-state index contributed by atoms with van der Waals surface area (Å²) in [4.78, 5) is 14.4. The quantitative estimate of drug-likeness (QED) is 0.874. The zero-order chi connectivity index (χ0) is 16.3. The lowest BCUT2D eigenvalue weighted by Gasteiger charge is -2.22. The Labute approximate surface area is 129 Å². The molecule has 1 amide bonds. The number of carbonyl (C=O) groups excluding carboxylic acids is 1. The molecule has 1 atom stereocenters. The van der Waals surface area contributed by atoms with Crippen LogP contribution in [0.15, 0.2) is 0 Å². The number of amides is 1. The Bertz CT molecular complexity index is 530. The minimum Gasteiger partial charge on any atom is -0.354 e. The Morgan fingerprint density at radius 3 is 2.77 bits per heavy atom. The van der Waals surface area contributed by atoms with Gasteiger partial charge >= 0.3 is 6.55 Å². The first-order valence-electron chi connectivity index (χ1n) is 7.77. The molecule has 0 radical (unpaired) electrons. The lowest BCUT2D eigenvalue weighted by Crippen LogP contribution is -2.40. The highest BCUT2D eigenvalue weighted by molar-refractivity contribution is 5.79. The Kier molecular flexibility index (Phi) is 5.50. The Hall–Kier alpha value is -1.50. The van der Waals surface area contributed by atoms with Crippen molar-refractivity contribution in [2.45, 2.75) is 52.6 Å². The van der Waals surface area contributed by atoms with Gasteiger partial charge in [0, 0.05) is 23.8 Å². The van der Waals surface area contributed by atoms with E-state index in [9.17, 15) is 13.6 Å². The van der Waals surface area contributed by atoms with Gasteiger partial charge in [-0.2, -0.15) is 13.9 Å². The van der Waals surface area contributed by atoms with Crippen LogP contribution in [-0.4, -0.2) is 46.3 Å². The number of nitrogens with one attached hydrogen (secondary N) is 1. The molecule has 1 aromatic heterocycles. The van der Waals surface area contributed by atoms with Crippen LogP contribution in [0.25, 0.3) is 0 Å². The lowest BCUT2D eigenvalue weighted by atomic mass is 10.1. The lowest BCUT2D eigenvalue weighted by molar-refractivity contribution is -0.120. The van der Waals surface area contributed by atoms with Gasteiger partial charge in [-0.1, -0.05) is 6.92 Å². The summed E-state index contributed by atoms with van der Waals surface area (Å²) >= 11 is 0. The van der Waals surface area contributed by atoms with Crippen LogP contribution < -0.4 is 5.32 Å². The molecule has 0 aliphatic carbocycles. The number of carbonyl (C=O) groups is 1. The van der Waals surface area contributed by atoms with Crippen molar-refractivity contribution in [1.29, 1.82) is 0 Å². The van der Waals surface area contributed by atoms with E-state index in [0.717, 1.165) is 25.9 Å². The summed E-state index contributed by atoms with van der Waals surface area (Å²) in [6, 6.07) is 0.389. The molecular weight excluding hydrogens is 290 g/mol. The average Bonchev–Trinajstić information content (AvgIpc) is 3.04. The molecule has 1 aliphatic heterocycles. The van der Waals surface area contributed by atoms with E-state index in [1.807, 2.05) is 0 Å². The number of likely N-dealkylation sites (N-methyl/N-ethyl adjacent to an activating group) is 1. The molecule has 124 valence electrons. The maximum absolute atomic E-state index is 12.8. The minimum absolute atomic E-state index is 0.100. The van der Waals surface area contributed by atoms with Crippen LogP contribution in [0.2, 0.25) is 0 Å². The summed E-state index contributed by atoms with van der Waals surface area (Å²) < 4.78 is 26.2. The molecule has 0 bridgehead atoms. The highest BCUT2D eigenvalue weighted by Crippen LogP contribution is 2.20. The number of hydrogen-bond acceptors (Lipinski definition) is 3. The van der Waals surface area contributed by atoms with E-state index in [4.69, 9.17) is 0 Å². The molecule has 7 heteroatoms. The largest absolute Gasteiger partial charge is 0.354 e. The molecule has 1 N–H and O–H groups in total. The molecule has 1 fully saturated rings. The average molecular weight is 314 g/mol. The van der Waals surface area contributed by atoms with Gasteiger partial charge in [0.15, 0.2) is 0 Å². The number of halogens is 2. The first kappa shape index (κ1) is 16.9.